The van der Waals surface area contributed by atoms with Gasteiger partial charge >= 0.3 is 21.7 Å². The van der Waals surface area contributed by atoms with Gasteiger partial charge in [0.2, 0.25) is 0 Å². The topological polar surface area (TPSA) is 107 Å². The first-order valence-electron chi connectivity index (χ1n) is 8.74. The van der Waals surface area contributed by atoms with Crippen LogP contribution in [0.1, 0.15) is 0 Å². The Kier molecular flexibility index (Phi) is 6.51. The minimum absolute atomic E-state index is 0.0232. The molecule has 0 saturated heterocycles. The number of halogens is 2. The minimum atomic E-state index is -4.64. The van der Waals surface area contributed by atoms with Gasteiger partial charge < -0.3 is 22.6 Å². The molecule has 0 saturated carbocycles. The van der Waals surface area contributed by atoms with E-state index in [4.69, 9.17) is 49.4 Å². The molecule has 3 aromatic carbocycles. The van der Waals surface area contributed by atoms with Gasteiger partial charge in [-0.15, -0.1) is 0 Å². The second-order valence-electron chi connectivity index (χ2n) is 6.11. The number of benzene rings is 3. The average molecular weight is 537 g/mol. The van der Waals surface area contributed by atoms with Crippen molar-refractivity contribution in [1.29, 1.82) is 0 Å². The molecule has 0 aromatic heterocycles. The second kappa shape index (κ2) is 9.03. The average Bonchev–Trinajstić information content (AvgIpc) is 2.66. The molecule has 1 aliphatic rings. The van der Waals surface area contributed by atoms with Crippen molar-refractivity contribution in [3.05, 3.63) is 78.9 Å². The SMILES string of the molecule is O=P(Cl)(Cl)OP1(=O)Oc2cccc(c2)OP(=O)(Oc2ccccc2)Oc2cccc(c2)O1. The van der Waals surface area contributed by atoms with Crippen LogP contribution in [0.4, 0.5) is 0 Å². The van der Waals surface area contributed by atoms with E-state index in [9.17, 15) is 13.7 Å². The number of hydrogen-bond acceptors (Lipinski definition) is 9. The third kappa shape index (κ3) is 6.23. The highest BCUT2D eigenvalue weighted by Crippen LogP contribution is 2.70. The molecule has 0 spiro atoms. The summed E-state index contributed by atoms with van der Waals surface area (Å²) >= 11 is 10.9. The Balaban J connectivity index is 1.77. The molecule has 0 unspecified atom stereocenters. The Hall–Kier alpha value is -2.11. The Morgan fingerprint density at radius 3 is 1.53 bits per heavy atom. The summed E-state index contributed by atoms with van der Waals surface area (Å²) in [6, 6.07) is 19.2. The fourth-order valence-corrected chi connectivity index (χ4v) is 7.10. The van der Waals surface area contributed by atoms with E-state index in [1.165, 1.54) is 48.5 Å². The maximum atomic E-state index is 13.5. The number of phosphoric ester groups is 2. The molecule has 3 aromatic rings. The maximum absolute atomic E-state index is 13.5. The van der Waals surface area contributed by atoms with Crippen LogP contribution in [0.15, 0.2) is 78.9 Å². The van der Waals surface area contributed by atoms with Gasteiger partial charge in [-0.3, -0.25) is 4.57 Å². The lowest BCUT2D eigenvalue weighted by molar-refractivity contribution is 0.292. The number of para-hydroxylation sites is 1. The maximum Gasteiger partial charge on any atom is 0.647 e. The van der Waals surface area contributed by atoms with E-state index in [0.717, 1.165) is 0 Å². The summed E-state index contributed by atoms with van der Waals surface area (Å²) < 4.78 is 70.2. The molecular weight excluding hydrogens is 524 g/mol. The predicted octanol–water partition coefficient (Wildman–Crippen LogP) is 7.81. The molecule has 9 nitrogen and oxygen atoms in total. The normalized spacial score (nSPS) is 22.6. The van der Waals surface area contributed by atoms with Gasteiger partial charge in [0.25, 0.3) is 0 Å². The van der Waals surface area contributed by atoms with E-state index in [1.54, 1.807) is 30.3 Å². The summed E-state index contributed by atoms with van der Waals surface area (Å²) in [7, 11) is -8.91. The van der Waals surface area contributed by atoms with E-state index in [0.29, 0.717) is 0 Å². The van der Waals surface area contributed by atoms with Crippen LogP contribution in [0, 0.1) is 0 Å². The highest BCUT2D eigenvalue weighted by Gasteiger charge is 2.40. The van der Waals surface area contributed by atoms with Crippen molar-refractivity contribution in [2.24, 2.45) is 0 Å². The van der Waals surface area contributed by atoms with Crippen molar-refractivity contribution >= 4 is 44.2 Å². The van der Waals surface area contributed by atoms with Crippen LogP contribution >= 0.6 is 44.2 Å². The van der Waals surface area contributed by atoms with Crippen LogP contribution < -0.4 is 22.6 Å². The lowest BCUT2D eigenvalue weighted by Gasteiger charge is -2.22. The molecule has 1 heterocycles. The zero-order valence-corrected chi connectivity index (χ0v) is 20.0. The molecule has 0 aliphatic carbocycles. The van der Waals surface area contributed by atoms with Crippen LogP contribution in [0.5, 0.6) is 28.7 Å². The van der Waals surface area contributed by atoms with Crippen LogP contribution in [0.2, 0.25) is 0 Å². The Morgan fingerprint density at radius 2 is 1.09 bits per heavy atom. The summed E-state index contributed by atoms with van der Waals surface area (Å²) in [5.74, 6) is -0.0400. The number of rotatable bonds is 4. The largest absolute Gasteiger partial charge is 0.647 e. The molecule has 1 aliphatic heterocycles. The van der Waals surface area contributed by atoms with Crippen molar-refractivity contribution in [2.45, 2.75) is 0 Å². The Labute approximate surface area is 192 Å². The van der Waals surface area contributed by atoms with Crippen molar-refractivity contribution in [2.75, 3.05) is 0 Å². The van der Waals surface area contributed by atoms with E-state index in [2.05, 4.69) is 0 Å². The van der Waals surface area contributed by atoms with Gasteiger partial charge in [0, 0.05) is 12.1 Å². The monoisotopic (exact) mass is 536 g/mol. The van der Waals surface area contributed by atoms with Gasteiger partial charge in [-0.05, 0) is 58.9 Å². The zero-order valence-electron chi connectivity index (χ0n) is 15.8. The lowest BCUT2D eigenvalue weighted by atomic mass is 10.3. The van der Waals surface area contributed by atoms with Gasteiger partial charge in [-0.1, -0.05) is 30.3 Å². The van der Waals surface area contributed by atoms with Gasteiger partial charge in [0.05, 0.1) is 0 Å². The zero-order chi connectivity index (χ0) is 22.8. The summed E-state index contributed by atoms with van der Waals surface area (Å²) in [5, 5.41) is 0. The van der Waals surface area contributed by atoms with Crippen LogP contribution in [-0.4, -0.2) is 0 Å². The highest BCUT2D eigenvalue weighted by atomic mass is 35.9. The number of fused-ring (bicyclic) bond motifs is 4. The fraction of sp³-hybridized carbons (Fsp3) is 0. The van der Waals surface area contributed by atoms with Crippen molar-refractivity contribution in [3.63, 3.8) is 0 Å². The molecule has 14 heteroatoms. The van der Waals surface area contributed by atoms with Crippen LogP contribution in [0.3, 0.4) is 0 Å². The van der Waals surface area contributed by atoms with E-state index in [1.807, 2.05) is 0 Å². The fourth-order valence-electron chi connectivity index (χ4n) is 2.53. The van der Waals surface area contributed by atoms with Gasteiger partial charge in [0.1, 0.15) is 28.7 Å². The summed E-state index contributed by atoms with van der Waals surface area (Å²) in [5.41, 5.74) is 0. The third-order valence-corrected chi connectivity index (χ3v) is 8.48. The lowest BCUT2D eigenvalue weighted by Crippen LogP contribution is -2.09. The third-order valence-electron chi connectivity index (χ3n) is 3.64. The quantitative estimate of drug-likeness (QED) is 0.308. The summed E-state index contributed by atoms with van der Waals surface area (Å²) in [4.78, 5) is 0. The second-order valence-corrected chi connectivity index (χ2v) is 13.5. The highest BCUT2D eigenvalue weighted by molar-refractivity contribution is 8.07. The molecule has 4 bridgehead atoms. The minimum Gasteiger partial charge on any atom is -0.395 e. The van der Waals surface area contributed by atoms with E-state index in [-0.39, 0.29) is 28.7 Å². The summed E-state index contributed by atoms with van der Waals surface area (Å²) in [6.45, 7) is 0. The van der Waals surface area contributed by atoms with Crippen LogP contribution in [-0.2, 0) is 18.0 Å². The van der Waals surface area contributed by atoms with E-state index < -0.39 is 21.7 Å². The standard InChI is InChI=1S/C18H13Cl2O9P3/c19-30(20,21)29-32(23)27-17-10-4-8-15(12-17)25-31(22,24-14-6-2-1-3-7-14)26-16-9-5-11-18(13-16)28-32/h1-13H. The van der Waals surface area contributed by atoms with Crippen molar-refractivity contribution in [3.8, 4) is 28.7 Å². The number of phosphoric acid groups is 2. The smallest absolute Gasteiger partial charge is 0.395 e. The van der Waals surface area contributed by atoms with Crippen molar-refractivity contribution < 1.29 is 40.6 Å². The molecule has 4 rings (SSSR count). The van der Waals surface area contributed by atoms with Crippen molar-refractivity contribution in [1.82, 2.24) is 0 Å². The first-order chi connectivity index (χ1) is 15.1. The molecule has 0 atom stereocenters. The summed E-state index contributed by atoms with van der Waals surface area (Å²) in [6.07, 6.45) is -4.33. The molecule has 0 amide bonds. The first kappa shape index (κ1) is 23.1. The number of hydrogen-bond donors (Lipinski definition) is 0. The molecule has 32 heavy (non-hydrogen) atoms. The van der Waals surface area contributed by atoms with Crippen LogP contribution in [0.25, 0.3) is 0 Å². The Bertz CT molecular complexity index is 1210. The Morgan fingerprint density at radius 1 is 0.656 bits per heavy atom. The molecule has 0 radical (unpaired) electrons. The predicted molar refractivity (Wildman–Crippen MR) is 118 cm³/mol. The molecule has 0 N–H and O–H groups in total. The molecular formula is C18H13Cl2O9P3. The van der Waals surface area contributed by atoms with Gasteiger partial charge in [-0.2, -0.15) is 8.88 Å². The van der Waals surface area contributed by atoms with E-state index >= 15 is 0 Å². The van der Waals surface area contributed by atoms with Gasteiger partial charge in [-0.25, -0.2) is 4.57 Å². The molecule has 0 fully saturated rings. The molecule has 168 valence electrons. The van der Waals surface area contributed by atoms with Gasteiger partial charge in [0.15, 0.2) is 0 Å². The first-order valence-corrected chi connectivity index (χ1v) is 15.1.